The number of guanidine groups is 1. The minimum absolute atomic E-state index is 0.00374. The average molecular weight is 418 g/mol. The Kier molecular flexibility index (Phi) is 5.44. The molecule has 0 radical (unpaired) electrons. The molecule has 0 spiro atoms. The number of halogens is 2. The van der Waals surface area contributed by atoms with Gasteiger partial charge in [0, 0.05) is 29.4 Å². The number of anilines is 1. The van der Waals surface area contributed by atoms with Crippen LogP contribution in [0.2, 0.25) is 0 Å². The first-order valence-corrected chi connectivity index (χ1v) is 9.75. The van der Waals surface area contributed by atoms with E-state index in [0.29, 0.717) is 22.5 Å². The Morgan fingerprint density at radius 1 is 1.23 bits per heavy atom. The van der Waals surface area contributed by atoms with Gasteiger partial charge >= 0.3 is 6.55 Å². The van der Waals surface area contributed by atoms with Crippen molar-refractivity contribution in [1.29, 1.82) is 0 Å². The molecule has 0 saturated heterocycles. The summed E-state index contributed by atoms with van der Waals surface area (Å²) in [7, 11) is 0. The molecule has 9 nitrogen and oxygen atoms in total. The first-order chi connectivity index (χ1) is 14.4. The van der Waals surface area contributed by atoms with E-state index in [4.69, 9.17) is 11.5 Å². The van der Waals surface area contributed by atoms with Gasteiger partial charge in [0.1, 0.15) is 0 Å². The molecule has 1 fully saturated rings. The highest BCUT2D eigenvalue weighted by Crippen LogP contribution is 2.29. The van der Waals surface area contributed by atoms with Crippen LogP contribution in [0.25, 0.3) is 10.9 Å². The van der Waals surface area contributed by atoms with Gasteiger partial charge in [0.05, 0.1) is 5.52 Å². The van der Waals surface area contributed by atoms with Crippen molar-refractivity contribution in [3.05, 3.63) is 42.0 Å². The number of nitrogens with zero attached hydrogens (tertiary/aromatic N) is 2. The molecule has 2 atom stereocenters. The van der Waals surface area contributed by atoms with Crippen molar-refractivity contribution < 1.29 is 13.6 Å². The number of hydrogen-bond donors (Lipinski definition) is 6. The average Bonchev–Trinajstić information content (AvgIpc) is 3.15. The molecule has 1 amide bonds. The van der Waals surface area contributed by atoms with E-state index in [0.717, 1.165) is 30.3 Å². The molecule has 1 aliphatic heterocycles. The number of nitrogens with one attached hydrogen (secondary N) is 4. The summed E-state index contributed by atoms with van der Waals surface area (Å²) in [5.41, 5.74) is 18.1. The maximum absolute atomic E-state index is 13.2. The number of fused-ring (bicyclic) bond motifs is 1. The molecule has 4 rings (SSSR count). The summed E-state index contributed by atoms with van der Waals surface area (Å²) < 4.78 is 27.3. The first kappa shape index (κ1) is 20.0. The first-order valence-electron chi connectivity index (χ1n) is 9.75. The van der Waals surface area contributed by atoms with Gasteiger partial charge in [0.15, 0.2) is 11.5 Å². The molecule has 1 aromatic heterocycles. The van der Waals surface area contributed by atoms with Gasteiger partial charge in [0.2, 0.25) is 5.96 Å². The molecule has 0 unspecified atom stereocenters. The van der Waals surface area contributed by atoms with Crippen LogP contribution in [0.1, 0.15) is 32.2 Å². The maximum atomic E-state index is 13.2. The van der Waals surface area contributed by atoms with Crippen LogP contribution in [0.3, 0.4) is 0 Å². The van der Waals surface area contributed by atoms with Gasteiger partial charge in [0.25, 0.3) is 5.91 Å². The molecular weight excluding hydrogens is 394 g/mol. The number of primary amides is 1. The Labute approximate surface area is 171 Å². The van der Waals surface area contributed by atoms with E-state index in [1.807, 2.05) is 0 Å². The molecule has 0 bridgehead atoms. The van der Waals surface area contributed by atoms with E-state index in [9.17, 15) is 13.6 Å². The topological polar surface area (TPSA) is 135 Å². The van der Waals surface area contributed by atoms with Gasteiger partial charge in [-0.25, -0.2) is 0 Å². The number of alkyl halides is 2. The van der Waals surface area contributed by atoms with Crippen LogP contribution in [0.5, 0.6) is 0 Å². The number of rotatable bonds is 5. The normalized spacial score (nSPS) is 21.8. The van der Waals surface area contributed by atoms with Crippen LogP contribution >= 0.6 is 0 Å². The highest BCUT2D eigenvalue weighted by atomic mass is 19.3. The minimum Gasteiger partial charge on any atom is -0.364 e. The van der Waals surface area contributed by atoms with Crippen LogP contribution < -0.4 is 33.0 Å². The van der Waals surface area contributed by atoms with E-state index < -0.39 is 12.5 Å². The van der Waals surface area contributed by atoms with Crippen LogP contribution in [-0.2, 0) is 4.79 Å². The highest BCUT2D eigenvalue weighted by molar-refractivity contribution is 5.97. The second-order valence-corrected chi connectivity index (χ2v) is 7.36. The lowest BCUT2D eigenvalue weighted by atomic mass is 9.91. The number of amides is 1. The summed E-state index contributed by atoms with van der Waals surface area (Å²) in [4.78, 5) is 16.3. The quantitative estimate of drug-likeness (QED) is 0.435. The van der Waals surface area contributed by atoms with E-state index in [1.54, 1.807) is 24.3 Å². The maximum Gasteiger partial charge on any atom is 0.319 e. The molecule has 1 aliphatic carbocycles. The third-order valence-corrected chi connectivity index (χ3v) is 5.38. The van der Waals surface area contributed by atoms with E-state index >= 15 is 0 Å². The summed E-state index contributed by atoms with van der Waals surface area (Å²) in [5, 5.41) is 6.87. The molecule has 11 heteroatoms. The lowest BCUT2D eigenvalue weighted by Gasteiger charge is -2.32. The SMILES string of the molecule is NC(=O)C1=C(Nc2cccc3c2ccn3C(F)F)N=C(N[C@@H]2CCCC[C@@H]2N)NN1. The van der Waals surface area contributed by atoms with Gasteiger partial charge < -0.3 is 22.1 Å². The van der Waals surface area contributed by atoms with Gasteiger partial charge in [-0.1, -0.05) is 18.9 Å². The summed E-state index contributed by atoms with van der Waals surface area (Å²) in [6, 6.07) is 6.58. The number of carbonyl (C=O) groups is 1. The van der Waals surface area contributed by atoms with Gasteiger partial charge in [-0.05, 0) is 31.0 Å². The Morgan fingerprint density at radius 3 is 2.77 bits per heavy atom. The predicted molar refractivity (Wildman–Crippen MR) is 110 cm³/mol. The molecule has 2 aliphatic rings. The second-order valence-electron chi connectivity index (χ2n) is 7.36. The smallest absolute Gasteiger partial charge is 0.319 e. The summed E-state index contributed by atoms with van der Waals surface area (Å²) in [5.74, 6) is -0.160. The van der Waals surface area contributed by atoms with Crippen LogP contribution in [0.4, 0.5) is 14.5 Å². The van der Waals surface area contributed by atoms with Crippen LogP contribution in [-0.4, -0.2) is 28.5 Å². The Hall–Kier alpha value is -3.34. The molecule has 2 heterocycles. The minimum atomic E-state index is -2.66. The molecule has 8 N–H and O–H groups in total. The Balaban J connectivity index is 1.64. The third kappa shape index (κ3) is 3.88. The molecule has 160 valence electrons. The largest absolute Gasteiger partial charge is 0.364 e. The standard InChI is InChI=1S/C19H24F2N8O/c20-18(21)29-9-8-10-12(6-3-7-14(10)29)24-17-15(16(23)30)27-28-19(26-17)25-13-5-2-1-4-11(13)22/h3,6-9,11,13,18,24,27H,1-2,4-5,22H2,(H2,23,30)(H2,25,26,28)/t11-,13+/m0/s1. The summed E-state index contributed by atoms with van der Waals surface area (Å²) in [6.07, 6.45) is 5.32. The summed E-state index contributed by atoms with van der Waals surface area (Å²) in [6.45, 7) is -2.66. The molecular formula is C19H24F2N8O. The monoisotopic (exact) mass is 418 g/mol. The molecule has 2 aromatic rings. The van der Waals surface area contributed by atoms with E-state index in [-0.39, 0.29) is 23.6 Å². The fourth-order valence-corrected chi connectivity index (χ4v) is 3.82. The third-order valence-electron chi connectivity index (χ3n) is 5.38. The number of hydrazine groups is 1. The van der Waals surface area contributed by atoms with Crippen molar-refractivity contribution in [2.24, 2.45) is 16.5 Å². The highest BCUT2D eigenvalue weighted by Gasteiger charge is 2.25. The zero-order chi connectivity index (χ0) is 21.3. The zero-order valence-corrected chi connectivity index (χ0v) is 16.2. The predicted octanol–water partition coefficient (Wildman–Crippen LogP) is 1.43. The van der Waals surface area contributed by atoms with Gasteiger partial charge in [-0.15, -0.1) is 0 Å². The Morgan fingerprint density at radius 2 is 2.03 bits per heavy atom. The molecule has 30 heavy (non-hydrogen) atoms. The van der Waals surface area contributed by atoms with E-state index in [2.05, 4.69) is 26.5 Å². The van der Waals surface area contributed by atoms with Crippen LogP contribution in [0, 0.1) is 0 Å². The Bertz CT molecular complexity index is 1020. The number of aromatic nitrogens is 1. The van der Waals surface area contributed by atoms with Gasteiger partial charge in [-0.3, -0.25) is 20.2 Å². The van der Waals surface area contributed by atoms with Crippen molar-refractivity contribution >= 4 is 28.5 Å². The lowest BCUT2D eigenvalue weighted by molar-refractivity contribution is -0.115. The zero-order valence-electron chi connectivity index (χ0n) is 16.2. The fraction of sp³-hybridized carbons (Fsp3) is 0.368. The number of hydrogen-bond acceptors (Lipinski definition) is 7. The lowest BCUT2D eigenvalue weighted by Crippen LogP contribution is -2.57. The number of benzene rings is 1. The fourth-order valence-electron chi connectivity index (χ4n) is 3.82. The molecule has 1 aromatic carbocycles. The van der Waals surface area contributed by atoms with Crippen molar-refractivity contribution in [3.63, 3.8) is 0 Å². The van der Waals surface area contributed by atoms with Crippen LogP contribution in [0.15, 0.2) is 47.0 Å². The number of nitrogens with two attached hydrogens (primary N) is 2. The van der Waals surface area contributed by atoms with Crippen molar-refractivity contribution in [3.8, 4) is 0 Å². The van der Waals surface area contributed by atoms with Crippen molar-refractivity contribution in [1.82, 2.24) is 20.7 Å². The second kappa shape index (κ2) is 8.19. The molecule has 1 saturated carbocycles. The number of aliphatic imine (C=N–C) groups is 1. The van der Waals surface area contributed by atoms with Crippen molar-refractivity contribution in [2.75, 3.05) is 5.32 Å². The van der Waals surface area contributed by atoms with E-state index in [1.165, 1.54) is 6.20 Å². The van der Waals surface area contributed by atoms with Gasteiger partial charge in [-0.2, -0.15) is 13.8 Å². The van der Waals surface area contributed by atoms with Crippen molar-refractivity contribution in [2.45, 2.75) is 44.3 Å². The number of carbonyl (C=O) groups excluding carboxylic acids is 1. The summed E-state index contributed by atoms with van der Waals surface area (Å²) >= 11 is 0.